The van der Waals surface area contributed by atoms with Crippen LogP contribution in [0.1, 0.15) is 35.1 Å². The van der Waals surface area contributed by atoms with Crippen LogP contribution >= 0.6 is 0 Å². The molecule has 10 aromatic rings. The van der Waals surface area contributed by atoms with Crippen molar-refractivity contribution in [3.8, 4) is 27.9 Å². The van der Waals surface area contributed by atoms with Crippen LogP contribution in [0.25, 0.3) is 55.3 Å². The highest BCUT2D eigenvalue weighted by Gasteiger charge is 2.48. The summed E-state index contributed by atoms with van der Waals surface area (Å²) >= 11 is 0. The minimum Gasteiger partial charge on any atom is -0.311 e. The van der Waals surface area contributed by atoms with Gasteiger partial charge < -0.3 is 9.47 Å². The number of allylic oxidation sites excluding steroid dienone is 4. The van der Waals surface area contributed by atoms with E-state index in [2.05, 4.69) is 252 Å². The molecule has 0 aliphatic heterocycles. The Morgan fingerprint density at radius 1 is 0.413 bits per heavy atom. The van der Waals surface area contributed by atoms with Gasteiger partial charge in [0, 0.05) is 33.5 Å². The zero-order valence-corrected chi connectivity index (χ0v) is 34.9. The molecule has 1 unspecified atom stereocenters. The van der Waals surface area contributed by atoms with Crippen molar-refractivity contribution in [3.63, 3.8) is 0 Å². The molecular formula is C61H44N2. The zero-order chi connectivity index (χ0) is 41.7. The summed E-state index contributed by atoms with van der Waals surface area (Å²) in [5.41, 5.74) is 19.5. The van der Waals surface area contributed by atoms with Gasteiger partial charge in [-0.2, -0.15) is 0 Å². The average Bonchev–Trinajstić information content (AvgIpc) is 3.85. The monoisotopic (exact) mass is 804 g/mol. The predicted molar refractivity (Wildman–Crippen MR) is 264 cm³/mol. The highest BCUT2D eigenvalue weighted by molar-refractivity contribution is 6.12. The molecule has 0 saturated heterocycles. The molecule has 12 rings (SSSR count). The van der Waals surface area contributed by atoms with Gasteiger partial charge in [-0.25, -0.2) is 0 Å². The molecule has 0 radical (unpaired) electrons. The maximum absolute atomic E-state index is 2.54. The number of fused-ring (bicyclic) bond motifs is 5. The van der Waals surface area contributed by atoms with E-state index in [4.69, 9.17) is 0 Å². The van der Waals surface area contributed by atoms with Crippen molar-refractivity contribution < 1.29 is 0 Å². The molecule has 0 fully saturated rings. The Labute approximate surface area is 369 Å². The van der Waals surface area contributed by atoms with Gasteiger partial charge in [0.2, 0.25) is 0 Å². The van der Waals surface area contributed by atoms with Crippen molar-refractivity contribution >= 4 is 44.4 Å². The molecule has 0 amide bonds. The van der Waals surface area contributed by atoms with E-state index in [1.165, 1.54) is 77.5 Å². The van der Waals surface area contributed by atoms with E-state index in [1.54, 1.807) is 0 Å². The molecule has 63 heavy (non-hydrogen) atoms. The third-order valence-corrected chi connectivity index (χ3v) is 13.4. The fourth-order valence-electron chi connectivity index (χ4n) is 10.6. The van der Waals surface area contributed by atoms with E-state index in [9.17, 15) is 0 Å². The van der Waals surface area contributed by atoms with Crippen molar-refractivity contribution in [2.24, 2.45) is 0 Å². The van der Waals surface area contributed by atoms with Crippen LogP contribution in [-0.2, 0) is 5.41 Å². The van der Waals surface area contributed by atoms with E-state index >= 15 is 0 Å². The smallest absolute Gasteiger partial charge is 0.0677 e. The fourth-order valence-corrected chi connectivity index (χ4v) is 10.6. The van der Waals surface area contributed by atoms with E-state index < -0.39 is 5.41 Å². The van der Waals surface area contributed by atoms with Crippen LogP contribution in [0.2, 0.25) is 0 Å². The lowest BCUT2D eigenvalue weighted by Gasteiger charge is -2.36. The predicted octanol–water partition coefficient (Wildman–Crippen LogP) is 16.0. The van der Waals surface area contributed by atoms with Crippen molar-refractivity contribution in [1.82, 2.24) is 4.57 Å². The number of benzene rings is 9. The standard InChI is InChI=1S/C61H44N2/c1-5-18-43(19-6-1)44-32-36-48(37-33-44)61(47-21-7-2-8-22-47)57-30-15-13-28-53(57)55-41-56-54-29-14-16-31-59(54)63(60(56)42-58(55)61)52-27-17-20-46(40-52)45-34-38-51(39-35-45)62(49-23-9-3-10-24-49)50-25-11-4-12-26-50/h1-14,16-29,31-42H,15,30H2. The molecule has 2 aliphatic carbocycles. The van der Waals surface area contributed by atoms with Crippen molar-refractivity contribution in [1.29, 1.82) is 0 Å². The molecule has 2 nitrogen and oxygen atoms in total. The van der Waals surface area contributed by atoms with Gasteiger partial charge in [0.25, 0.3) is 0 Å². The summed E-state index contributed by atoms with van der Waals surface area (Å²) in [4.78, 5) is 2.31. The second-order valence-corrected chi connectivity index (χ2v) is 16.8. The largest absolute Gasteiger partial charge is 0.311 e. The topological polar surface area (TPSA) is 8.17 Å². The summed E-state index contributed by atoms with van der Waals surface area (Å²) in [5.74, 6) is 0. The van der Waals surface area contributed by atoms with E-state index in [0.29, 0.717) is 0 Å². The van der Waals surface area contributed by atoms with Gasteiger partial charge in [-0.15, -0.1) is 0 Å². The molecule has 1 heterocycles. The summed E-state index contributed by atoms with van der Waals surface area (Å²) in [6.45, 7) is 0. The molecule has 0 spiro atoms. The Morgan fingerprint density at radius 2 is 0.968 bits per heavy atom. The Balaban J connectivity index is 1.03. The Hall–Kier alpha value is -7.94. The highest BCUT2D eigenvalue weighted by Crippen LogP contribution is 2.58. The second-order valence-electron chi connectivity index (χ2n) is 16.8. The van der Waals surface area contributed by atoms with Gasteiger partial charge in [0.15, 0.2) is 0 Å². The first-order valence-corrected chi connectivity index (χ1v) is 22.1. The van der Waals surface area contributed by atoms with Crippen molar-refractivity contribution in [3.05, 3.63) is 271 Å². The maximum atomic E-state index is 2.54. The molecule has 2 heteroatoms. The quantitative estimate of drug-likeness (QED) is 0.149. The van der Waals surface area contributed by atoms with E-state index in [0.717, 1.165) is 35.6 Å². The van der Waals surface area contributed by atoms with E-state index in [-0.39, 0.29) is 0 Å². The first-order valence-electron chi connectivity index (χ1n) is 22.1. The molecule has 0 N–H and O–H groups in total. The van der Waals surface area contributed by atoms with E-state index in [1.807, 2.05) is 0 Å². The number of hydrogen-bond donors (Lipinski definition) is 0. The third-order valence-electron chi connectivity index (χ3n) is 13.4. The van der Waals surface area contributed by atoms with Crippen LogP contribution in [-0.4, -0.2) is 4.57 Å². The summed E-state index contributed by atoms with van der Waals surface area (Å²) in [7, 11) is 0. The molecule has 0 saturated carbocycles. The van der Waals surface area contributed by atoms with Crippen molar-refractivity contribution in [2.45, 2.75) is 18.3 Å². The first-order chi connectivity index (χ1) is 31.3. The normalized spacial score (nSPS) is 15.4. The van der Waals surface area contributed by atoms with Gasteiger partial charge in [-0.1, -0.05) is 176 Å². The average molecular weight is 805 g/mol. The summed E-state index contributed by atoms with van der Waals surface area (Å²) in [6.07, 6.45) is 6.81. The number of aromatic nitrogens is 1. The lowest BCUT2D eigenvalue weighted by atomic mass is 9.65. The van der Waals surface area contributed by atoms with Crippen LogP contribution in [0.4, 0.5) is 17.1 Å². The minimum absolute atomic E-state index is 0.446. The number of hydrogen-bond acceptors (Lipinski definition) is 1. The Bertz CT molecular complexity index is 3300. The van der Waals surface area contributed by atoms with Gasteiger partial charge >= 0.3 is 0 Å². The van der Waals surface area contributed by atoms with Gasteiger partial charge in [0.1, 0.15) is 0 Å². The van der Waals surface area contributed by atoms with Crippen LogP contribution in [0.3, 0.4) is 0 Å². The lowest BCUT2D eigenvalue weighted by Crippen LogP contribution is -2.30. The summed E-state index contributed by atoms with van der Waals surface area (Å²) in [5, 5.41) is 2.54. The second kappa shape index (κ2) is 15.2. The van der Waals surface area contributed by atoms with Gasteiger partial charge in [0.05, 0.1) is 16.4 Å². The molecule has 1 atom stereocenters. The summed E-state index contributed by atoms with van der Waals surface area (Å²) in [6, 6.07) is 84.6. The molecule has 2 aliphatic rings. The molecule has 298 valence electrons. The molecular weight excluding hydrogens is 761 g/mol. The summed E-state index contributed by atoms with van der Waals surface area (Å²) < 4.78 is 2.50. The minimum atomic E-state index is -0.446. The number of nitrogens with zero attached hydrogens (tertiary/aromatic N) is 2. The van der Waals surface area contributed by atoms with Crippen LogP contribution in [0.5, 0.6) is 0 Å². The molecule has 0 bridgehead atoms. The molecule has 9 aromatic carbocycles. The van der Waals surface area contributed by atoms with Gasteiger partial charge in [-0.3, -0.25) is 0 Å². The van der Waals surface area contributed by atoms with Crippen LogP contribution < -0.4 is 4.90 Å². The Kier molecular flexibility index (Phi) is 8.90. The van der Waals surface area contributed by atoms with Gasteiger partial charge in [-0.05, 0) is 135 Å². The maximum Gasteiger partial charge on any atom is 0.0677 e. The highest BCUT2D eigenvalue weighted by atomic mass is 15.1. The SMILES string of the molecule is C1=CC2=C(CC1)C(c1ccccc1)(c1ccc(-c3ccccc3)cc1)c1cc3c(cc12)c1ccccc1n3-c1cccc(-c2ccc(N(c3ccccc3)c3ccccc3)cc2)c1. The van der Waals surface area contributed by atoms with Crippen molar-refractivity contribution in [2.75, 3.05) is 4.90 Å². The zero-order valence-electron chi connectivity index (χ0n) is 34.9. The number of rotatable bonds is 8. The molecule has 1 aromatic heterocycles. The first kappa shape index (κ1) is 36.9. The number of para-hydroxylation sites is 3. The van der Waals surface area contributed by atoms with Crippen LogP contribution in [0, 0.1) is 0 Å². The fraction of sp³-hybridized carbons (Fsp3) is 0.0492. The Morgan fingerprint density at radius 3 is 1.68 bits per heavy atom. The third kappa shape index (κ3) is 6.02. The lowest BCUT2D eigenvalue weighted by molar-refractivity contribution is 0.697. The van der Waals surface area contributed by atoms with Crippen LogP contribution in [0.15, 0.2) is 248 Å². The number of anilines is 3.